The number of esters is 1. The van der Waals surface area contributed by atoms with Gasteiger partial charge in [0.05, 0.1) is 19.8 Å². The van der Waals surface area contributed by atoms with E-state index in [-0.39, 0.29) is 0 Å². The summed E-state index contributed by atoms with van der Waals surface area (Å²) >= 11 is 0. The first kappa shape index (κ1) is 15.9. The number of carbonyl (C=O) groups is 2. The van der Waals surface area contributed by atoms with Crippen LogP contribution in [0.4, 0.5) is 0 Å². The minimum Gasteiger partial charge on any atom is -0.467 e. The summed E-state index contributed by atoms with van der Waals surface area (Å²) in [5, 5.41) is 2.50. The Labute approximate surface area is 118 Å². The molecular formula is C15H19NO4. The predicted octanol–water partition coefficient (Wildman–Crippen LogP) is 1.44. The minimum absolute atomic E-state index is 0.347. The van der Waals surface area contributed by atoms with Crippen molar-refractivity contribution in [3.8, 4) is 0 Å². The molecule has 0 fully saturated rings. The number of nitrogens with one attached hydrogen (secondary N) is 1. The van der Waals surface area contributed by atoms with Gasteiger partial charge >= 0.3 is 5.97 Å². The summed E-state index contributed by atoms with van der Waals surface area (Å²) in [6.45, 7) is 5.40. The number of ether oxygens (including phenoxy) is 2. The smallest absolute Gasteiger partial charge is 0.331 e. The van der Waals surface area contributed by atoms with Gasteiger partial charge in [0.2, 0.25) is 5.91 Å². The first-order chi connectivity index (χ1) is 9.58. The third kappa shape index (κ3) is 4.85. The van der Waals surface area contributed by atoms with Crippen LogP contribution in [0.1, 0.15) is 12.5 Å². The molecule has 1 amide bonds. The Bertz CT molecular complexity index is 458. The van der Waals surface area contributed by atoms with E-state index in [2.05, 4.69) is 16.6 Å². The number of hydrogen-bond donors (Lipinski definition) is 1. The Hall–Kier alpha value is -2.14. The monoisotopic (exact) mass is 277 g/mol. The fourth-order valence-corrected chi connectivity index (χ4v) is 1.61. The Balaban J connectivity index is 2.63. The molecule has 0 aliphatic rings. The Kier molecular flexibility index (Phi) is 6.46. The maximum Gasteiger partial charge on any atom is 0.331 e. The molecule has 5 heteroatoms. The van der Waals surface area contributed by atoms with E-state index in [0.29, 0.717) is 6.61 Å². The van der Waals surface area contributed by atoms with E-state index >= 15 is 0 Å². The highest BCUT2D eigenvalue weighted by Crippen LogP contribution is 2.07. The van der Waals surface area contributed by atoms with Crippen LogP contribution in [0.15, 0.2) is 43.0 Å². The van der Waals surface area contributed by atoms with Crippen LogP contribution in [0.5, 0.6) is 0 Å². The third-order valence-corrected chi connectivity index (χ3v) is 2.76. The molecule has 0 saturated carbocycles. The zero-order chi connectivity index (χ0) is 15.0. The molecule has 108 valence electrons. The van der Waals surface area contributed by atoms with Gasteiger partial charge in [0.25, 0.3) is 0 Å². The van der Waals surface area contributed by atoms with E-state index in [1.807, 2.05) is 30.3 Å². The van der Waals surface area contributed by atoms with Gasteiger partial charge in [-0.15, -0.1) is 0 Å². The van der Waals surface area contributed by atoms with Crippen molar-refractivity contribution in [3.05, 3.63) is 48.6 Å². The second kappa shape index (κ2) is 8.12. The molecule has 0 aromatic heterocycles. The van der Waals surface area contributed by atoms with Crippen LogP contribution >= 0.6 is 0 Å². The van der Waals surface area contributed by atoms with Crippen molar-refractivity contribution in [2.24, 2.45) is 0 Å². The first-order valence-electron chi connectivity index (χ1n) is 6.24. The largest absolute Gasteiger partial charge is 0.467 e. The lowest BCUT2D eigenvalue weighted by molar-refractivity contribution is -0.149. The molecule has 2 atom stereocenters. The zero-order valence-electron chi connectivity index (χ0n) is 11.7. The van der Waals surface area contributed by atoms with Crippen molar-refractivity contribution >= 4 is 11.9 Å². The Morgan fingerprint density at radius 2 is 2.00 bits per heavy atom. The maximum absolute atomic E-state index is 11.7. The Morgan fingerprint density at radius 3 is 2.55 bits per heavy atom. The molecule has 1 rings (SSSR count). The van der Waals surface area contributed by atoms with Gasteiger partial charge in [0.15, 0.2) is 6.04 Å². The van der Waals surface area contributed by atoms with Crippen molar-refractivity contribution in [2.75, 3.05) is 7.11 Å². The molecule has 0 heterocycles. The van der Waals surface area contributed by atoms with Gasteiger partial charge in [-0.3, -0.25) is 4.79 Å². The first-order valence-corrected chi connectivity index (χ1v) is 6.24. The molecule has 0 spiro atoms. The van der Waals surface area contributed by atoms with Gasteiger partial charge in [-0.25, -0.2) is 4.79 Å². The van der Waals surface area contributed by atoms with E-state index in [9.17, 15) is 9.59 Å². The van der Waals surface area contributed by atoms with E-state index in [4.69, 9.17) is 4.74 Å². The molecule has 0 aliphatic carbocycles. The van der Waals surface area contributed by atoms with Crippen LogP contribution in [0.3, 0.4) is 0 Å². The van der Waals surface area contributed by atoms with Crippen molar-refractivity contribution in [1.82, 2.24) is 5.32 Å². The molecule has 0 radical (unpaired) electrons. The van der Waals surface area contributed by atoms with Gasteiger partial charge in [0.1, 0.15) is 0 Å². The van der Waals surface area contributed by atoms with Gasteiger partial charge in [-0.05, 0) is 18.6 Å². The number of carbonyl (C=O) groups excluding carboxylic acids is 2. The molecule has 20 heavy (non-hydrogen) atoms. The maximum atomic E-state index is 11.7. The standard InChI is InChI=1S/C15H19NO4/c1-4-13(17)16-14(15(18)19-3)11(2)20-10-12-8-6-5-7-9-12/h4-9,11,14H,1,10H2,2-3H3,(H,16,17)/t11-,14+/m1/s1. The fourth-order valence-electron chi connectivity index (χ4n) is 1.61. The second-order valence-electron chi connectivity index (χ2n) is 4.22. The molecule has 1 N–H and O–H groups in total. The number of benzene rings is 1. The third-order valence-electron chi connectivity index (χ3n) is 2.76. The van der Waals surface area contributed by atoms with E-state index in [1.165, 1.54) is 7.11 Å². The molecule has 0 saturated heterocycles. The number of rotatable bonds is 7. The lowest BCUT2D eigenvalue weighted by atomic mass is 10.1. The van der Waals surface area contributed by atoms with Crippen molar-refractivity contribution in [1.29, 1.82) is 0 Å². The van der Waals surface area contributed by atoms with Crippen LogP contribution < -0.4 is 5.32 Å². The normalized spacial score (nSPS) is 13.1. The molecule has 0 aliphatic heterocycles. The van der Waals surface area contributed by atoms with E-state index in [1.54, 1.807) is 6.92 Å². The summed E-state index contributed by atoms with van der Waals surface area (Å²) < 4.78 is 10.3. The molecule has 1 aromatic rings. The van der Waals surface area contributed by atoms with Gasteiger partial charge in [-0.1, -0.05) is 36.9 Å². The highest BCUT2D eigenvalue weighted by atomic mass is 16.5. The number of amides is 1. The van der Waals surface area contributed by atoms with Crippen molar-refractivity contribution < 1.29 is 19.1 Å². The highest BCUT2D eigenvalue weighted by molar-refractivity contribution is 5.91. The summed E-state index contributed by atoms with van der Waals surface area (Å²) in [6, 6.07) is 8.69. The van der Waals surface area contributed by atoms with Crippen molar-refractivity contribution in [3.63, 3.8) is 0 Å². The SMILES string of the molecule is C=CC(=O)N[C@H](C(=O)OC)[C@@H](C)OCc1ccccc1. The summed E-state index contributed by atoms with van der Waals surface area (Å²) in [7, 11) is 1.26. The number of methoxy groups -OCH3 is 1. The lowest BCUT2D eigenvalue weighted by Crippen LogP contribution is -2.48. The molecular weight excluding hydrogens is 258 g/mol. The van der Waals surface area contributed by atoms with Gasteiger partial charge in [-0.2, -0.15) is 0 Å². The van der Waals surface area contributed by atoms with Crippen LogP contribution in [-0.4, -0.2) is 31.1 Å². The van der Waals surface area contributed by atoms with Gasteiger partial charge in [0, 0.05) is 0 Å². The van der Waals surface area contributed by atoms with Crippen LogP contribution in [0.25, 0.3) is 0 Å². The quantitative estimate of drug-likeness (QED) is 0.605. The summed E-state index contributed by atoms with van der Waals surface area (Å²) in [4.78, 5) is 23.0. The second-order valence-corrected chi connectivity index (χ2v) is 4.22. The zero-order valence-corrected chi connectivity index (χ0v) is 11.7. The van der Waals surface area contributed by atoms with Crippen LogP contribution in [0, 0.1) is 0 Å². The molecule has 0 unspecified atom stereocenters. The van der Waals surface area contributed by atoms with Crippen molar-refractivity contribution in [2.45, 2.75) is 25.7 Å². The summed E-state index contributed by atoms with van der Waals surface area (Å²) in [5.41, 5.74) is 0.984. The Morgan fingerprint density at radius 1 is 1.35 bits per heavy atom. The van der Waals surface area contributed by atoms with Crippen LogP contribution in [-0.2, 0) is 25.7 Å². The summed E-state index contributed by atoms with van der Waals surface area (Å²) in [6.07, 6.45) is 0.575. The topological polar surface area (TPSA) is 64.6 Å². The summed E-state index contributed by atoms with van der Waals surface area (Å²) in [5.74, 6) is -1.00. The lowest BCUT2D eigenvalue weighted by Gasteiger charge is -2.22. The molecule has 1 aromatic carbocycles. The number of hydrogen-bond acceptors (Lipinski definition) is 4. The fraction of sp³-hybridized carbons (Fsp3) is 0.333. The molecule has 0 bridgehead atoms. The highest BCUT2D eigenvalue weighted by Gasteiger charge is 2.27. The average molecular weight is 277 g/mol. The average Bonchev–Trinajstić information content (AvgIpc) is 2.50. The minimum atomic E-state index is -0.866. The van der Waals surface area contributed by atoms with E-state index < -0.39 is 24.0 Å². The van der Waals surface area contributed by atoms with Crippen LogP contribution in [0.2, 0.25) is 0 Å². The predicted molar refractivity (Wildman–Crippen MR) is 74.8 cm³/mol. The van der Waals surface area contributed by atoms with E-state index in [0.717, 1.165) is 11.6 Å². The molecule has 5 nitrogen and oxygen atoms in total. The van der Waals surface area contributed by atoms with Gasteiger partial charge < -0.3 is 14.8 Å².